The summed E-state index contributed by atoms with van der Waals surface area (Å²) in [6.45, 7) is 4.10. The van der Waals surface area contributed by atoms with Crippen LogP contribution in [-0.4, -0.2) is 37.9 Å². The number of rotatable bonds is 5. The first-order valence-electron chi connectivity index (χ1n) is 8.79. The smallest absolute Gasteiger partial charge is 0.161 e. The van der Waals surface area contributed by atoms with E-state index in [1.54, 1.807) is 26.4 Å². The Hall–Kier alpha value is -3.02. The van der Waals surface area contributed by atoms with Crippen molar-refractivity contribution in [3.63, 3.8) is 0 Å². The molecule has 2 aromatic rings. The monoisotopic (exact) mass is 368 g/mol. The standard InChI is InChI=1S/C21H24N2O4/c1-6-14-12(2)22-23-21(13-7-8-18(25-3)17(24)9-13)16-11-20(27-5)19(26-4)10-15(14)16/h7-11,14,24H,6H2,1-5H3/t14-/m0/s1. The van der Waals surface area contributed by atoms with Crippen molar-refractivity contribution < 1.29 is 19.3 Å². The molecular weight excluding hydrogens is 344 g/mol. The fourth-order valence-electron chi connectivity index (χ4n) is 3.43. The fraction of sp³-hybridized carbons (Fsp3) is 0.333. The molecule has 0 fully saturated rings. The van der Waals surface area contributed by atoms with E-state index in [1.165, 1.54) is 7.11 Å². The van der Waals surface area contributed by atoms with Crippen LogP contribution in [0.4, 0.5) is 0 Å². The topological polar surface area (TPSA) is 72.6 Å². The van der Waals surface area contributed by atoms with Crippen LogP contribution in [0.5, 0.6) is 23.0 Å². The van der Waals surface area contributed by atoms with Gasteiger partial charge in [-0.3, -0.25) is 0 Å². The van der Waals surface area contributed by atoms with Gasteiger partial charge < -0.3 is 19.3 Å². The lowest BCUT2D eigenvalue weighted by Crippen LogP contribution is -2.12. The number of fused-ring (bicyclic) bond motifs is 1. The zero-order valence-electron chi connectivity index (χ0n) is 16.2. The van der Waals surface area contributed by atoms with Crippen molar-refractivity contribution in [3.05, 3.63) is 47.0 Å². The summed E-state index contributed by atoms with van der Waals surface area (Å²) < 4.78 is 16.1. The Bertz CT molecular complexity index is 919. The molecule has 0 aromatic heterocycles. The number of ether oxygens (including phenoxy) is 3. The Morgan fingerprint density at radius 3 is 2.19 bits per heavy atom. The predicted molar refractivity (Wildman–Crippen MR) is 106 cm³/mol. The van der Waals surface area contributed by atoms with E-state index in [1.807, 2.05) is 25.1 Å². The van der Waals surface area contributed by atoms with Crippen LogP contribution in [-0.2, 0) is 0 Å². The van der Waals surface area contributed by atoms with E-state index in [9.17, 15) is 5.11 Å². The van der Waals surface area contributed by atoms with Crippen molar-refractivity contribution in [2.24, 2.45) is 10.2 Å². The van der Waals surface area contributed by atoms with Gasteiger partial charge in [0.2, 0.25) is 0 Å². The third-order valence-electron chi connectivity index (χ3n) is 4.86. The first-order chi connectivity index (χ1) is 13.0. The van der Waals surface area contributed by atoms with E-state index < -0.39 is 0 Å². The number of phenolic OH excluding ortho intramolecular Hbond substituents is 1. The highest BCUT2D eigenvalue weighted by molar-refractivity contribution is 6.16. The van der Waals surface area contributed by atoms with Crippen molar-refractivity contribution in [2.75, 3.05) is 21.3 Å². The lowest BCUT2D eigenvalue weighted by molar-refractivity contribution is 0.354. The fourth-order valence-corrected chi connectivity index (χ4v) is 3.43. The van der Waals surface area contributed by atoms with E-state index in [2.05, 4.69) is 17.1 Å². The molecule has 0 bridgehead atoms. The summed E-state index contributed by atoms with van der Waals surface area (Å²) in [7, 11) is 4.75. The highest BCUT2D eigenvalue weighted by atomic mass is 16.5. The summed E-state index contributed by atoms with van der Waals surface area (Å²) in [6.07, 6.45) is 0.883. The van der Waals surface area contributed by atoms with Crippen molar-refractivity contribution in [3.8, 4) is 23.0 Å². The predicted octanol–water partition coefficient (Wildman–Crippen LogP) is 4.14. The minimum absolute atomic E-state index is 0.0525. The molecule has 3 rings (SSSR count). The first-order valence-corrected chi connectivity index (χ1v) is 8.79. The van der Waals surface area contributed by atoms with Crippen molar-refractivity contribution in [1.82, 2.24) is 0 Å². The van der Waals surface area contributed by atoms with Crippen LogP contribution in [0.2, 0.25) is 0 Å². The van der Waals surface area contributed by atoms with Gasteiger partial charge >= 0.3 is 0 Å². The number of nitrogens with zero attached hydrogens (tertiary/aromatic N) is 2. The zero-order chi connectivity index (χ0) is 19.6. The second kappa shape index (κ2) is 7.70. The molecule has 0 saturated heterocycles. The van der Waals surface area contributed by atoms with E-state index in [4.69, 9.17) is 14.2 Å². The molecule has 1 aliphatic rings. The Balaban J connectivity index is 2.25. The zero-order valence-corrected chi connectivity index (χ0v) is 16.2. The maximum Gasteiger partial charge on any atom is 0.161 e. The Morgan fingerprint density at radius 1 is 0.926 bits per heavy atom. The molecular formula is C21H24N2O4. The molecule has 0 spiro atoms. The average Bonchev–Trinajstić information content (AvgIpc) is 2.82. The van der Waals surface area contributed by atoms with Gasteiger partial charge in [-0.2, -0.15) is 5.10 Å². The molecule has 1 atom stereocenters. The van der Waals surface area contributed by atoms with Crippen LogP contribution in [0.3, 0.4) is 0 Å². The number of methoxy groups -OCH3 is 3. The van der Waals surface area contributed by atoms with Crippen LogP contribution in [0, 0.1) is 0 Å². The summed E-state index contributed by atoms with van der Waals surface area (Å²) in [5, 5.41) is 19.2. The number of benzene rings is 2. The quantitative estimate of drug-likeness (QED) is 0.861. The highest BCUT2D eigenvalue weighted by Gasteiger charge is 2.26. The third-order valence-corrected chi connectivity index (χ3v) is 4.86. The van der Waals surface area contributed by atoms with Crippen molar-refractivity contribution >= 4 is 11.4 Å². The Morgan fingerprint density at radius 2 is 1.59 bits per heavy atom. The Kier molecular flexibility index (Phi) is 5.35. The largest absolute Gasteiger partial charge is 0.504 e. The number of aromatic hydroxyl groups is 1. The van der Waals surface area contributed by atoms with E-state index in [0.29, 0.717) is 23.0 Å². The lowest BCUT2D eigenvalue weighted by Gasteiger charge is -2.20. The van der Waals surface area contributed by atoms with Gasteiger partial charge in [0.05, 0.1) is 21.3 Å². The van der Waals surface area contributed by atoms with Gasteiger partial charge in [0.25, 0.3) is 0 Å². The molecule has 0 unspecified atom stereocenters. The van der Waals surface area contributed by atoms with E-state index in [-0.39, 0.29) is 11.7 Å². The molecule has 6 nitrogen and oxygen atoms in total. The molecule has 27 heavy (non-hydrogen) atoms. The van der Waals surface area contributed by atoms with Gasteiger partial charge in [-0.1, -0.05) is 6.92 Å². The van der Waals surface area contributed by atoms with Crippen LogP contribution in [0.1, 0.15) is 42.9 Å². The van der Waals surface area contributed by atoms with Crippen molar-refractivity contribution in [2.45, 2.75) is 26.2 Å². The van der Waals surface area contributed by atoms with Crippen molar-refractivity contribution in [1.29, 1.82) is 0 Å². The SMILES string of the molecule is CC[C@H]1C(C)=NN=C(c2ccc(OC)c(O)c2)c2cc(OC)c(OC)cc21. The number of hydrogen-bond donors (Lipinski definition) is 1. The van der Waals surface area contributed by atoms with Gasteiger partial charge in [-0.25, -0.2) is 0 Å². The average molecular weight is 368 g/mol. The van der Waals surface area contributed by atoms with Gasteiger partial charge in [0.15, 0.2) is 23.0 Å². The normalized spacial score (nSPS) is 16.0. The van der Waals surface area contributed by atoms with Gasteiger partial charge in [-0.05, 0) is 49.2 Å². The summed E-state index contributed by atoms with van der Waals surface area (Å²) >= 11 is 0. The van der Waals surface area contributed by atoms with Gasteiger partial charge in [0.1, 0.15) is 5.71 Å². The van der Waals surface area contributed by atoms with E-state index in [0.717, 1.165) is 28.8 Å². The van der Waals surface area contributed by atoms with Crippen LogP contribution >= 0.6 is 0 Å². The molecule has 1 aliphatic heterocycles. The second-order valence-electron chi connectivity index (χ2n) is 6.33. The molecule has 0 saturated carbocycles. The summed E-state index contributed by atoms with van der Waals surface area (Å²) in [4.78, 5) is 0. The number of phenols is 1. The second-order valence-corrected chi connectivity index (χ2v) is 6.33. The minimum Gasteiger partial charge on any atom is -0.504 e. The molecule has 1 N–H and O–H groups in total. The van der Waals surface area contributed by atoms with Gasteiger partial charge in [-0.15, -0.1) is 5.10 Å². The molecule has 0 amide bonds. The molecule has 0 aliphatic carbocycles. The molecule has 0 radical (unpaired) electrons. The summed E-state index contributed by atoms with van der Waals surface area (Å²) in [5.74, 6) is 1.87. The molecule has 142 valence electrons. The molecule has 1 heterocycles. The van der Waals surface area contributed by atoms with Gasteiger partial charge in [0, 0.05) is 22.8 Å². The first kappa shape index (κ1) is 18.8. The van der Waals surface area contributed by atoms with Crippen LogP contribution < -0.4 is 14.2 Å². The van der Waals surface area contributed by atoms with Crippen LogP contribution in [0.25, 0.3) is 0 Å². The highest BCUT2D eigenvalue weighted by Crippen LogP contribution is 2.38. The summed E-state index contributed by atoms with van der Waals surface area (Å²) in [5.41, 5.74) is 4.32. The maximum absolute atomic E-state index is 10.2. The minimum atomic E-state index is 0.0525. The van der Waals surface area contributed by atoms with E-state index >= 15 is 0 Å². The summed E-state index contributed by atoms with van der Waals surface area (Å²) in [6, 6.07) is 9.12. The Labute approximate surface area is 159 Å². The third kappa shape index (κ3) is 3.35. The molecule has 2 aromatic carbocycles. The lowest BCUT2D eigenvalue weighted by atomic mass is 9.85. The number of hydrogen-bond acceptors (Lipinski definition) is 6. The van der Waals surface area contributed by atoms with Crippen LogP contribution in [0.15, 0.2) is 40.5 Å². The maximum atomic E-state index is 10.2. The molecule has 6 heteroatoms.